The number of aryl methyl sites for hydroxylation is 1. The van der Waals surface area contributed by atoms with Crippen molar-refractivity contribution in [1.29, 1.82) is 0 Å². The summed E-state index contributed by atoms with van der Waals surface area (Å²) < 4.78 is 39.0. The van der Waals surface area contributed by atoms with Gasteiger partial charge in [-0.05, 0) is 18.2 Å². The second-order valence-corrected chi connectivity index (χ2v) is 4.86. The predicted molar refractivity (Wildman–Crippen MR) is 66.4 cm³/mol. The van der Waals surface area contributed by atoms with Crippen molar-refractivity contribution in [2.75, 3.05) is 5.73 Å². The van der Waals surface area contributed by atoms with Gasteiger partial charge in [0.25, 0.3) is 0 Å². The van der Waals surface area contributed by atoms with Crippen molar-refractivity contribution in [2.24, 2.45) is 7.05 Å². The zero-order valence-corrected chi connectivity index (χ0v) is 10.8. The average Bonchev–Trinajstić information content (AvgIpc) is 2.72. The van der Waals surface area contributed by atoms with E-state index in [-0.39, 0.29) is 5.69 Å². The molecule has 19 heavy (non-hydrogen) atoms. The summed E-state index contributed by atoms with van der Waals surface area (Å²) in [4.78, 5) is 4.62. The van der Waals surface area contributed by atoms with Gasteiger partial charge in [-0.1, -0.05) is 0 Å². The zero-order chi connectivity index (χ0) is 14.0. The van der Waals surface area contributed by atoms with Crippen LogP contribution in [0.1, 0.15) is 11.4 Å². The smallest absolute Gasteiger partial charge is 0.398 e. The molecule has 1 aromatic carbocycles. The molecule has 2 rings (SSSR count). The van der Waals surface area contributed by atoms with Crippen LogP contribution in [0, 0.1) is 0 Å². The minimum absolute atomic E-state index is 0.113. The molecule has 0 amide bonds. The highest BCUT2D eigenvalue weighted by Crippen LogP contribution is 2.34. The lowest BCUT2D eigenvalue weighted by Crippen LogP contribution is -2.06. The van der Waals surface area contributed by atoms with E-state index in [2.05, 4.69) is 10.1 Å². The molecule has 0 atom stereocenters. The van der Waals surface area contributed by atoms with Gasteiger partial charge < -0.3 is 5.73 Å². The second kappa shape index (κ2) is 5.12. The maximum Gasteiger partial charge on any atom is 0.416 e. The number of nitrogens with two attached hydrogens (primary N) is 1. The number of hydrogen-bond donors (Lipinski definition) is 1. The van der Waals surface area contributed by atoms with E-state index in [1.165, 1.54) is 24.2 Å². The van der Waals surface area contributed by atoms with E-state index in [4.69, 9.17) is 5.73 Å². The van der Waals surface area contributed by atoms with E-state index < -0.39 is 11.7 Å². The maximum atomic E-state index is 12.5. The molecule has 0 aliphatic rings. The van der Waals surface area contributed by atoms with E-state index in [0.29, 0.717) is 10.6 Å². The van der Waals surface area contributed by atoms with Crippen LogP contribution in [0.15, 0.2) is 29.4 Å². The number of benzene rings is 1. The van der Waals surface area contributed by atoms with Crippen LogP contribution < -0.4 is 5.73 Å². The van der Waals surface area contributed by atoms with Crippen LogP contribution in [0.4, 0.5) is 18.9 Å². The van der Waals surface area contributed by atoms with Gasteiger partial charge in [-0.2, -0.15) is 18.3 Å². The SMILES string of the molecule is Cn1ncnc1CSc1ccc(C(F)(F)F)cc1N. The van der Waals surface area contributed by atoms with Crippen LogP contribution in [0.2, 0.25) is 0 Å². The van der Waals surface area contributed by atoms with Crippen molar-refractivity contribution in [3.05, 3.63) is 35.9 Å². The fourth-order valence-electron chi connectivity index (χ4n) is 1.45. The van der Waals surface area contributed by atoms with Crippen LogP contribution in [0.5, 0.6) is 0 Å². The Labute approximate surface area is 111 Å². The third-order valence-electron chi connectivity index (χ3n) is 2.50. The first-order chi connectivity index (χ1) is 8.88. The van der Waals surface area contributed by atoms with Gasteiger partial charge in [0.1, 0.15) is 12.2 Å². The Morgan fingerprint density at radius 3 is 2.63 bits per heavy atom. The highest BCUT2D eigenvalue weighted by molar-refractivity contribution is 7.98. The van der Waals surface area contributed by atoms with Crippen LogP contribution in [-0.2, 0) is 19.0 Å². The number of aromatic nitrogens is 3. The summed E-state index contributed by atoms with van der Waals surface area (Å²) in [7, 11) is 1.75. The number of hydrogen-bond acceptors (Lipinski definition) is 4. The summed E-state index contributed by atoms with van der Waals surface area (Å²) >= 11 is 1.32. The molecular formula is C11H11F3N4S. The number of thioether (sulfide) groups is 1. The van der Waals surface area contributed by atoms with Crippen molar-refractivity contribution in [3.8, 4) is 0 Å². The molecule has 102 valence electrons. The van der Waals surface area contributed by atoms with Crippen molar-refractivity contribution >= 4 is 17.4 Å². The third-order valence-corrected chi connectivity index (χ3v) is 3.58. The zero-order valence-electron chi connectivity index (χ0n) is 9.98. The monoisotopic (exact) mass is 288 g/mol. The lowest BCUT2D eigenvalue weighted by Gasteiger charge is -2.10. The molecule has 8 heteroatoms. The van der Waals surface area contributed by atoms with Crippen molar-refractivity contribution in [3.63, 3.8) is 0 Å². The minimum Gasteiger partial charge on any atom is -0.398 e. The molecule has 0 radical (unpaired) electrons. The molecule has 2 aromatic rings. The van der Waals surface area contributed by atoms with E-state index in [0.717, 1.165) is 18.0 Å². The number of anilines is 1. The first kappa shape index (κ1) is 13.7. The van der Waals surface area contributed by atoms with E-state index in [9.17, 15) is 13.2 Å². The first-order valence-electron chi connectivity index (χ1n) is 5.30. The molecule has 1 heterocycles. The fraction of sp³-hybridized carbons (Fsp3) is 0.273. The molecule has 0 bridgehead atoms. The lowest BCUT2D eigenvalue weighted by atomic mass is 10.2. The minimum atomic E-state index is -4.37. The summed E-state index contributed by atoms with van der Waals surface area (Å²) in [6.45, 7) is 0. The van der Waals surface area contributed by atoms with E-state index in [1.54, 1.807) is 11.7 Å². The Bertz CT molecular complexity index is 580. The van der Waals surface area contributed by atoms with Crippen LogP contribution in [0.3, 0.4) is 0 Å². The third kappa shape index (κ3) is 3.19. The molecule has 0 unspecified atom stereocenters. The lowest BCUT2D eigenvalue weighted by molar-refractivity contribution is -0.137. The highest BCUT2D eigenvalue weighted by Gasteiger charge is 2.30. The largest absolute Gasteiger partial charge is 0.416 e. The normalized spacial score (nSPS) is 11.8. The van der Waals surface area contributed by atoms with Crippen molar-refractivity contribution in [2.45, 2.75) is 16.8 Å². The van der Waals surface area contributed by atoms with Crippen LogP contribution in [-0.4, -0.2) is 14.8 Å². The summed E-state index contributed by atoms with van der Waals surface area (Å²) in [6.07, 6.45) is -2.95. The van der Waals surface area contributed by atoms with Crippen LogP contribution in [0.25, 0.3) is 0 Å². The van der Waals surface area contributed by atoms with Crippen molar-refractivity contribution < 1.29 is 13.2 Å². The predicted octanol–water partition coefficient (Wildman–Crippen LogP) is 2.71. The van der Waals surface area contributed by atoms with E-state index >= 15 is 0 Å². The Morgan fingerprint density at radius 2 is 2.11 bits per heavy atom. The average molecular weight is 288 g/mol. The van der Waals surface area contributed by atoms with Gasteiger partial charge in [-0.25, -0.2) is 4.98 Å². The fourth-order valence-corrected chi connectivity index (χ4v) is 2.39. The quantitative estimate of drug-likeness (QED) is 0.697. The van der Waals surface area contributed by atoms with Gasteiger partial charge in [0.15, 0.2) is 0 Å². The standard InChI is InChI=1S/C11H11F3N4S/c1-18-10(16-6-17-18)5-19-9-3-2-7(4-8(9)15)11(12,13)14/h2-4,6H,5,15H2,1H3. The Hall–Kier alpha value is -1.70. The number of nitrogen functional groups attached to an aromatic ring is 1. The molecule has 0 spiro atoms. The van der Waals surface area contributed by atoms with E-state index in [1.807, 2.05) is 0 Å². The molecule has 4 nitrogen and oxygen atoms in total. The number of halogens is 3. The molecule has 0 saturated carbocycles. The molecule has 0 saturated heterocycles. The molecule has 0 aliphatic heterocycles. The molecular weight excluding hydrogens is 277 g/mol. The molecule has 2 N–H and O–H groups in total. The Morgan fingerprint density at radius 1 is 1.37 bits per heavy atom. The second-order valence-electron chi connectivity index (χ2n) is 3.84. The molecule has 1 aromatic heterocycles. The summed E-state index contributed by atoms with van der Waals surface area (Å²) in [6, 6.07) is 3.34. The highest BCUT2D eigenvalue weighted by atomic mass is 32.2. The summed E-state index contributed by atoms with van der Waals surface area (Å²) in [5.74, 6) is 1.22. The number of rotatable bonds is 3. The summed E-state index contributed by atoms with van der Waals surface area (Å²) in [5, 5.41) is 3.91. The van der Waals surface area contributed by atoms with Gasteiger partial charge in [-0.15, -0.1) is 11.8 Å². The summed E-state index contributed by atoms with van der Waals surface area (Å²) in [5.41, 5.74) is 5.00. The topological polar surface area (TPSA) is 56.7 Å². The maximum absolute atomic E-state index is 12.5. The Balaban J connectivity index is 2.12. The Kier molecular flexibility index (Phi) is 3.70. The molecule has 0 aliphatic carbocycles. The van der Waals surface area contributed by atoms with Gasteiger partial charge in [0, 0.05) is 17.6 Å². The number of alkyl halides is 3. The van der Waals surface area contributed by atoms with Crippen LogP contribution >= 0.6 is 11.8 Å². The van der Waals surface area contributed by atoms with Crippen molar-refractivity contribution in [1.82, 2.24) is 14.8 Å². The first-order valence-corrected chi connectivity index (χ1v) is 6.29. The molecule has 0 fully saturated rings. The van der Waals surface area contributed by atoms with Gasteiger partial charge in [0.05, 0.1) is 11.3 Å². The number of nitrogens with zero attached hydrogens (tertiary/aromatic N) is 3. The van der Waals surface area contributed by atoms with Gasteiger partial charge >= 0.3 is 6.18 Å². The van der Waals surface area contributed by atoms with Gasteiger partial charge in [0.2, 0.25) is 0 Å². The van der Waals surface area contributed by atoms with Gasteiger partial charge in [-0.3, -0.25) is 4.68 Å².